The van der Waals surface area contributed by atoms with Crippen LogP contribution in [0.25, 0.3) is 0 Å². The van der Waals surface area contributed by atoms with Crippen LogP contribution in [0.15, 0.2) is 12.2 Å². The van der Waals surface area contributed by atoms with E-state index >= 15 is 0 Å². The second kappa shape index (κ2) is 4.98. The number of ether oxygens (including phenoxy) is 1. The number of halogens is 3. The molecule has 0 saturated heterocycles. The molecule has 0 aromatic rings. The van der Waals surface area contributed by atoms with E-state index in [1.54, 1.807) is 0 Å². The molecule has 0 aromatic heterocycles. The first kappa shape index (κ1) is 15.8. The summed E-state index contributed by atoms with van der Waals surface area (Å²) < 4.78 is 42.4. The van der Waals surface area contributed by atoms with Gasteiger partial charge in [-0.15, -0.1) is 0 Å². The third kappa shape index (κ3) is 2.66. The van der Waals surface area contributed by atoms with E-state index in [1.165, 1.54) is 0 Å². The average Bonchev–Trinajstić information content (AvgIpc) is 2.41. The van der Waals surface area contributed by atoms with Crippen LogP contribution >= 0.6 is 0 Å². The maximum Gasteiger partial charge on any atom is 0.422 e. The number of hydrogen-bond donors (Lipinski definition) is 1. The summed E-state index contributed by atoms with van der Waals surface area (Å²) in [6.45, 7) is 2.91. The Hall–Kier alpha value is -1.04. The van der Waals surface area contributed by atoms with Crippen molar-refractivity contribution >= 4 is 5.97 Å². The summed E-state index contributed by atoms with van der Waals surface area (Å²) in [5, 5.41) is 9.75. The van der Waals surface area contributed by atoms with Crippen LogP contribution in [0.4, 0.5) is 13.2 Å². The predicted octanol–water partition coefficient (Wildman–Crippen LogP) is 3.23. The van der Waals surface area contributed by atoms with Gasteiger partial charge < -0.3 is 9.84 Å². The van der Waals surface area contributed by atoms with Gasteiger partial charge in [-0.3, -0.25) is 0 Å². The van der Waals surface area contributed by atoms with Gasteiger partial charge in [-0.25, -0.2) is 4.79 Å². The van der Waals surface area contributed by atoms with Gasteiger partial charge in [0.2, 0.25) is 0 Å². The molecule has 0 aliphatic heterocycles. The largest absolute Gasteiger partial charge is 0.462 e. The van der Waals surface area contributed by atoms with Crippen molar-refractivity contribution in [2.45, 2.75) is 44.7 Å². The number of aliphatic hydroxyl groups is 1. The minimum Gasteiger partial charge on any atom is -0.462 e. The number of alkyl halides is 3. The summed E-state index contributed by atoms with van der Waals surface area (Å²) in [6.07, 6.45) is 0.886. The highest BCUT2D eigenvalue weighted by atomic mass is 19.4. The molecular weight excluding hydrogens is 297 g/mol. The molecule has 2 unspecified atom stereocenters. The molecule has 3 nitrogen and oxygen atoms in total. The summed E-state index contributed by atoms with van der Waals surface area (Å²) >= 11 is 0. The molecule has 0 amide bonds. The number of hydrogen-bond acceptors (Lipinski definition) is 3. The summed E-state index contributed by atoms with van der Waals surface area (Å²) in [7, 11) is 0. The first-order chi connectivity index (χ1) is 10.2. The minimum absolute atomic E-state index is 0.00961. The van der Waals surface area contributed by atoms with Gasteiger partial charge in [-0.1, -0.05) is 6.58 Å². The van der Waals surface area contributed by atoms with E-state index in [4.69, 9.17) is 4.74 Å². The molecule has 6 heteroatoms. The molecule has 4 saturated carbocycles. The zero-order chi connectivity index (χ0) is 16.2. The number of esters is 1. The molecule has 0 spiro atoms. The van der Waals surface area contributed by atoms with Gasteiger partial charge in [0.1, 0.15) is 5.57 Å². The fourth-order valence-corrected chi connectivity index (χ4v) is 5.42. The van der Waals surface area contributed by atoms with Crippen molar-refractivity contribution in [2.75, 3.05) is 13.2 Å². The molecule has 0 heterocycles. The Morgan fingerprint density at radius 2 is 1.73 bits per heavy atom. The molecule has 0 aromatic carbocycles. The molecule has 4 bridgehead atoms. The smallest absolute Gasteiger partial charge is 0.422 e. The quantitative estimate of drug-likeness (QED) is 0.639. The van der Waals surface area contributed by atoms with Crippen molar-refractivity contribution in [3.05, 3.63) is 12.2 Å². The predicted molar refractivity (Wildman–Crippen MR) is 72.8 cm³/mol. The Balaban J connectivity index is 1.68. The van der Waals surface area contributed by atoms with Crippen LogP contribution in [-0.4, -0.2) is 30.5 Å². The van der Waals surface area contributed by atoms with E-state index < -0.39 is 17.7 Å². The Morgan fingerprint density at radius 1 is 1.18 bits per heavy atom. The maximum atomic E-state index is 12.5. The fourth-order valence-electron chi connectivity index (χ4n) is 5.42. The second-order valence-electron chi connectivity index (χ2n) is 7.67. The van der Waals surface area contributed by atoms with E-state index in [1.807, 2.05) is 0 Å². The Bertz CT molecular complexity index is 483. The fraction of sp³-hybridized carbons (Fsp3) is 0.812. The lowest BCUT2D eigenvalue weighted by Gasteiger charge is -2.61. The third-order valence-corrected chi connectivity index (χ3v) is 5.74. The van der Waals surface area contributed by atoms with Gasteiger partial charge in [-0.05, 0) is 55.8 Å². The van der Waals surface area contributed by atoms with Gasteiger partial charge in [0.15, 0.2) is 0 Å². The van der Waals surface area contributed by atoms with Crippen LogP contribution in [0.3, 0.4) is 0 Å². The molecule has 0 radical (unpaired) electrons. The van der Waals surface area contributed by atoms with Crippen molar-refractivity contribution in [1.82, 2.24) is 0 Å². The Kier molecular flexibility index (Phi) is 3.59. The van der Waals surface area contributed by atoms with Crippen molar-refractivity contribution < 1.29 is 27.8 Å². The number of carbonyl (C=O) groups excluding carboxylic acids is 1. The van der Waals surface area contributed by atoms with Crippen LogP contribution in [0.1, 0.15) is 38.5 Å². The maximum absolute atomic E-state index is 12.5. The molecule has 1 N–H and O–H groups in total. The van der Waals surface area contributed by atoms with Crippen molar-refractivity contribution in [3.8, 4) is 0 Å². The van der Waals surface area contributed by atoms with Crippen LogP contribution in [0.5, 0.6) is 0 Å². The van der Waals surface area contributed by atoms with Crippen LogP contribution in [0, 0.1) is 22.7 Å². The molecule has 124 valence electrons. The second-order valence-corrected chi connectivity index (χ2v) is 7.67. The van der Waals surface area contributed by atoms with Crippen LogP contribution < -0.4 is 0 Å². The summed E-state index contributed by atoms with van der Waals surface area (Å²) in [6, 6.07) is 0. The Labute approximate surface area is 127 Å². The average molecular weight is 318 g/mol. The standard InChI is InChI=1S/C16H21F3O3/c1-10(16(17,18)19)13(21)22-9-15-5-11-2-12(6-15)4-14(3-11,7-15)8-20/h11-12,20H,1-9H2. The van der Waals surface area contributed by atoms with E-state index in [9.17, 15) is 23.1 Å². The SMILES string of the molecule is C=C(C(=O)OCC12CC3CC(CC(CO)(C3)C1)C2)C(F)(F)F. The molecule has 4 aliphatic carbocycles. The molecule has 4 rings (SSSR count). The molecule has 2 atom stereocenters. The highest BCUT2D eigenvalue weighted by Crippen LogP contribution is 2.65. The van der Waals surface area contributed by atoms with E-state index in [0.29, 0.717) is 11.8 Å². The van der Waals surface area contributed by atoms with E-state index in [-0.39, 0.29) is 24.0 Å². The lowest BCUT2D eigenvalue weighted by molar-refractivity contribution is -0.172. The first-order valence-corrected chi connectivity index (χ1v) is 7.71. The summed E-state index contributed by atoms with van der Waals surface area (Å²) in [4.78, 5) is 11.5. The molecule has 22 heavy (non-hydrogen) atoms. The third-order valence-electron chi connectivity index (χ3n) is 5.74. The summed E-state index contributed by atoms with van der Waals surface area (Å²) in [5.41, 5.74) is -1.82. The lowest BCUT2D eigenvalue weighted by atomic mass is 9.44. The Morgan fingerprint density at radius 3 is 2.23 bits per heavy atom. The zero-order valence-corrected chi connectivity index (χ0v) is 12.4. The normalized spacial score (nSPS) is 39.8. The van der Waals surface area contributed by atoms with Crippen LogP contribution in [-0.2, 0) is 9.53 Å². The summed E-state index contributed by atoms with van der Waals surface area (Å²) in [5.74, 6) is -0.378. The number of aliphatic hydroxyl groups excluding tert-OH is 1. The van der Waals surface area contributed by atoms with Gasteiger partial charge >= 0.3 is 12.1 Å². The van der Waals surface area contributed by atoms with Gasteiger partial charge in [0.25, 0.3) is 0 Å². The van der Waals surface area contributed by atoms with Crippen molar-refractivity contribution in [2.24, 2.45) is 22.7 Å². The van der Waals surface area contributed by atoms with Crippen LogP contribution in [0.2, 0.25) is 0 Å². The molecule has 4 aliphatic rings. The van der Waals surface area contributed by atoms with Crippen molar-refractivity contribution in [3.63, 3.8) is 0 Å². The lowest BCUT2D eigenvalue weighted by Crippen LogP contribution is -2.55. The minimum atomic E-state index is -4.75. The first-order valence-electron chi connectivity index (χ1n) is 7.71. The molecule has 4 fully saturated rings. The van der Waals surface area contributed by atoms with E-state index in [0.717, 1.165) is 38.5 Å². The van der Waals surface area contributed by atoms with Gasteiger partial charge in [0, 0.05) is 12.0 Å². The number of carbonyl (C=O) groups is 1. The highest BCUT2D eigenvalue weighted by molar-refractivity contribution is 5.89. The van der Waals surface area contributed by atoms with E-state index in [2.05, 4.69) is 6.58 Å². The highest BCUT2D eigenvalue weighted by Gasteiger charge is 2.58. The van der Waals surface area contributed by atoms with Crippen molar-refractivity contribution in [1.29, 1.82) is 0 Å². The van der Waals surface area contributed by atoms with Gasteiger partial charge in [0.05, 0.1) is 6.61 Å². The van der Waals surface area contributed by atoms with Gasteiger partial charge in [-0.2, -0.15) is 13.2 Å². The monoisotopic (exact) mass is 318 g/mol. The number of rotatable bonds is 4. The molecular formula is C16H21F3O3. The topological polar surface area (TPSA) is 46.5 Å². The zero-order valence-electron chi connectivity index (χ0n) is 12.4.